The number of carbonyl (C=O) groups excluding carboxylic acids is 1. The maximum Gasteiger partial charge on any atom is 0.262 e. The third-order valence-electron chi connectivity index (χ3n) is 2.63. The first kappa shape index (κ1) is 12.8. The molecular formula is C13H13N3O3. The summed E-state index contributed by atoms with van der Waals surface area (Å²) in [6.45, 7) is 1.92. The number of aryl methyl sites for hydroxylation is 1. The number of aromatic nitrogens is 2. The van der Waals surface area contributed by atoms with Gasteiger partial charge in [-0.05, 0) is 12.5 Å². The molecule has 2 rings (SSSR count). The van der Waals surface area contributed by atoms with Crippen LogP contribution in [0.25, 0.3) is 11.1 Å². The molecule has 0 unspecified atom stereocenters. The molecule has 19 heavy (non-hydrogen) atoms. The molecule has 2 aromatic rings. The van der Waals surface area contributed by atoms with E-state index in [1.807, 2.05) is 19.1 Å². The molecule has 98 valence electrons. The fourth-order valence-electron chi connectivity index (χ4n) is 1.74. The van der Waals surface area contributed by atoms with E-state index in [1.54, 1.807) is 12.1 Å². The maximum atomic E-state index is 11.9. The molecule has 0 aliphatic rings. The summed E-state index contributed by atoms with van der Waals surface area (Å²) in [5.74, 6) is -1.000. The Bertz CT molecular complexity index is 675. The van der Waals surface area contributed by atoms with E-state index < -0.39 is 17.3 Å². The van der Waals surface area contributed by atoms with Crippen LogP contribution in [0.2, 0.25) is 0 Å². The summed E-state index contributed by atoms with van der Waals surface area (Å²) < 4.78 is 0. The van der Waals surface area contributed by atoms with Gasteiger partial charge in [0.25, 0.3) is 5.56 Å². The second-order valence-electron chi connectivity index (χ2n) is 4.22. The van der Waals surface area contributed by atoms with Crippen molar-refractivity contribution in [1.82, 2.24) is 9.97 Å². The van der Waals surface area contributed by atoms with Crippen LogP contribution in [-0.4, -0.2) is 21.0 Å². The van der Waals surface area contributed by atoms with Gasteiger partial charge in [-0.25, -0.2) is 0 Å². The van der Waals surface area contributed by atoms with Crippen LogP contribution in [0.3, 0.4) is 0 Å². The number of hydrogen-bond donors (Lipinski definition) is 3. The van der Waals surface area contributed by atoms with Crippen LogP contribution in [0.1, 0.15) is 11.4 Å². The molecule has 0 radical (unpaired) electrons. The summed E-state index contributed by atoms with van der Waals surface area (Å²) in [7, 11) is 0. The van der Waals surface area contributed by atoms with Gasteiger partial charge in [0.2, 0.25) is 11.8 Å². The predicted octanol–water partition coefficient (Wildman–Crippen LogP) is 0.479. The zero-order valence-electron chi connectivity index (χ0n) is 10.3. The van der Waals surface area contributed by atoms with Crippen LogP contribution in [0, 0.1) is 6.92 Å². The number of hydrogen-bond acceptors (Lipinski definition) is 4. The van der Waals surface area contributed by atoms with E-state index in [2.05, 4.69) is 9.97 Å². The maximum absolute atomic E-state index is 11.9. The van der Waals surface area contributed by atoms with E-state index in [0.717, 1.165) is 5.56 Å². The molecule has 1 amide bonds. The van der Waals surface area contributed by atoms with Crippen LogP contribution in [0.5, 0.6) is 5.88 Å². The Morgan fingerprint density at radius 3 is 2.53 bits per heavy atom. The van der Waals surface area contributed by atoms with Crippen molar-refractivity contribution in [1.29, 1.82) is 0 Å². The summed E-state index contributed by atoms with van der Waals surface area (Å²) in [4.78, 5) is 28.9. The topological polar surface area (TPSA) is 109 Å². The lowest BCUT2D eigenvalue weighted by Gasteiger charge is -2.05. The molecule has 0 saturated carbocycles. The van der Waals surface area contributed by atoms with Crippen molar-refractivity contribution in [3.05, 3.63) is 46.0 Å². The van der Waals surface area contributed by atoms with Crippen molar-refractivity contribution in [2.75, 3.05) is 0 Å². The van der Waals surface area contributed by atoms with Crippen molar-refractivity contribution in [3.8, 4) is 17.0 Å². The fraction of sp³-hybridized carbons (Fsp3) is 0.154. The van der Waals surface area contributed by atoms with Crippen LogP contribution in [-0.2, 0) is 11.2 Å². The second kappa shape index (κ2) is 4.93. The standard InChI is InChI=1S/C13H13N3O3/c1-7-2-4-8(5-3-7)11-12(18)15-10(6-9(14)17)16-13(11)19/h2-5H,6H2,1H3,(H2,14,17)(H2,15,16,18,19). The first-order valence-corrected chi connectivity index (χ1v) is 5.65. The number of rotatable bonds is 3. The van der Waals surface area contributed by atoms with Crippen LogP contribution in [0.15, 0.2) is 29.1 Å². The van der Waals surface area contributed by atoms with Crippen LogP contribution >= 0.6 is 0 Å². The smallest absolute Gasteiger partial charge is 0.262 e. The molecule has 1 aromatic carbocycles. The molecule has 0 spiro atoms. The molecule has 0 fully saturated rings. The van der Waals surface area contributed by atoms with E-state index in [-0.39, 0.29) is 17.8 Å². The van der Waals surface area contributed by atoms with Crippen LogP contribution in [0.4, 0.5) is 0 Å². The minimum Gasteiger partial charge on any atom is -0.493 e. The van der Waals surface area contributed by atoms with Gasteiger partial charge in [-0.2, -0.15) is 4.98 Å². The molecule has 0 saturated heterocycles. The first-order valence-electron chi connectivity index (χ1n) is 5.65. The number of aromatic amines is 1. The summed E-state index contributed by atoms with van der Waals surface area (Å²) >= 11 is 0. The fourth-order valence-corrected chi connectivity index (χ4v) is 1.74. The Morgan fingerprint density at radius 2 is 2.00 bits per heavy atom. The van der Waals surface area contributed by atoms with Crippen molar-refractivity contribution >= 4 is 5.91 Å². The SMILES string of the molecule is Cc1ccc(-c2c(O)nc(CC(N)=O)[nH]c2=O)cc1. The summed E-state index contributed by atoms with van der Waals surface area (Å²) in [5, 5.41) is 9.82. The third kappa shape index (κ3) is 2.79. The van der Waals surface area contributed by atoms with Gasteiger partial charge < -0.3 is 15.8 Å². The Balaban J connectivity index is 2.50. The van der Waals surface area contributed by atoms with Gasteiger partial charge in [0.05, 0.1) is 6.42 Å². The Labute approximate surface area is 108 Å². The van der Waals surface area contributed by atoms with Gasteiger partial charge in [0, 0.05) is 0 Å². The number of nitrogens with two attached hydrogens (primary N) is 1. The largest absolute Gasteiger partial charge is 0.493 e. The molecule has 1 aromatic heterocycles. The molecule has 0 aliphatic heterocycles. The van der Waals surface area contributed by atoms with E-state index in [0.29, 0.717) is 5.56 Å². The highest BCUT2D eigenvalue weighted by atomic mass is 16.3. The van der Waals surface area contributed by atoms with E-state index >= 15 is 0 Å². The molecule has 1 heterocycles. The first-order chi connectivity index (χ1) is 8.97. The Hall–Kier alpha value is -2.63. The lowest BCUT2D eigenvalue weighted by molar-refractivity contribution is -0.117. The molecule has 0 atom stereocenters. The number of amides is 1. The minimum atomic E-state index is -0.634. The van der Waals surface area contributed by atoms with Gasteiger partial charge >= 0.3 is 0 Å². The molecule has 6 nitrogen and oxygen atoms in total. The highest BCUT2D eigenvalue weighted by Gasteiger charge is 2.13. The lowest BCUT2D eigenvalue weighted by Crippen LogP contribution is -2.20. The summed E-state index contributed by atoms with van der Waals surface area (Å²) in [6.07, 6.45) is -0.225. The molecule has 0 aliphatic carbocycles. The zero-order chi connectivity index (χ0) is 14.0. The number of benzene rings is 1. The van der Waals surface area contributed by atoms with Gasteiger partial charge in [-0.1, -0.05) is 29.8 Å². The van der Waals surface area contributed by atoms with Gasteiger partial charge in [-0.15, -0.1) is 0 Å². The lowest BCUT2D eigenvalue weighted by atomic mass is 10.1. The highest BCUT2D eigenvalue weighted by Crippen LogP contribution is 2.23. The van der Waals surface area contributed by atoms with E-state index in [4.69, 9.17) is 5.73 Å². The van der Waals surface area contributed by atoms with Crippen molar-refractivity contribution in [2.45, 2.75) is 13.3 Å². The molecule has 4 N–H and O–H groups in total. The minimum absolute atomic E-state index is 0.0471. The number of nitrogens with zero attached hydrogens (tertiary/aromatic N) is 1. The Kier molecular flexibility index (Phi) is 3.33. The average molecular weight is 259 g/mol. The normalized spacial score (nSPS) is 10.4. The number of carbonyl (C=O) groups is 1. The van der Waals surface area contributed by atoms with Crippen molar-refractivity contribution in [3.63, 3.8) is 0 Å². The number of H-pyrrole nitrogens is 1. The quantitative estimate of drug-likeness (QED) is 0.744. The monoisotopic (exact) mass is 259 g/mol. The number of primary amides is 1. The van der Waals surface area contributed by atoms with Gasteiger partial charge in [0.1, 0.15) is 11.4 Å². The van der Waals surface area contributed by atoms with Gasteiger partial charge in [0.15, 0.2) is 0 Å². The highest BCUT2D eigenvalue weighted by molar-refractivity contribution is 5.76. The molecule has 0 bridgehead atoms. The summed E-state index contributed by atoms with van der Waals surface area (Å²) in [5.41, 5.74) is 6.18. The summed E-state index contributed by atoms with van der Waals surface area (Å²) in [6, 6.07) is 7.08. The van der Waals surface area contributed by atoms with Crippen molar-refractivity contribution in [2.24, 2.45) is 5.73 Å². The zero-order valence-corrected chi connectivity index (χ0v) is 10.3. The predicted molar refractivity (Wildman–Crippen MR) is 69.6 cm³/mol. The second-order valence-corrected chi connectivity index (χ2v) is 4.22. The van der Waals surface area contributed by atoms with Crippen molar-refractivity contribution < 1.29 is 9.90 Å². The molecular weight excluding hydrogens is 246 g/mol. The molecule has 6 heteroatoms. The number of nitrogens with one attached hydrogen (secondary N) is 1. The van der Waals surface area contributed by atoms with E-state index in [1.165, 1.54) is 0 Å². The Morgan fingerprint density at radius 1 is 1.37 bits per heavy atom. The van der Waals surface area contributed by atoms with Crippen LogP contribution < -0.4 is 11.3 Å². The average Bonchev–Trinajstić information content (AvgIpc) is 2.29. The third-order valence-corrected chi connectivity index (χ3v) is 2.63. The van der Waals surface area contributed by atoms with Gasteiger partial charge in [-0.3, -0.25) is 9.59 Å². The van der Waals surface area contributed by atoms with E-state index in [9.17, 15) is 14.7 Å². The number of aromatic hydroxyl groups is 1.